The van der Waals surface area contributed by atoms with Crippen LogP contribution in [0.5, 0.6) is 11.5 Å². The molecule has 0 atom stereocenters. The quantitative estimate of drug-likeness (QED) is 0.528. The van der Waals surface area contributed by atoms with Gasteiger partial charge in [-0.15, -0.1) is 0 Å². The van der Waals surface area contributed by atoms with E-state index in [9.17, 15) is 4.79 Å². The molecule has 0 aliphatic rings. The lowest BCUT2D eigenvalue weighted by Crippen LogP contribution is -1.99. The van der Waals surface area contributed by atoms with Crippen molar-refractivity contribution in [2.24, 2.45) is 0 Å². The summed E-state index contributed by atoms with van der Waals surface area (Å²) in [6, 6.07) is 10.8. The summed E-state index contributed by atoms with van der Waals surface area (Å²) in [4.78, 5) is 12.3. The summed E-state index contributed by atoms with van der Waals surface area (Å²) in [5.41, 5.74) is 1.11. The molecule has 0 radical (unpaired) electrons. The summed E-state index contributed by atoms with van der Waals surface area (Å²) in [5.74, 6) is 1.04. The summed E-state index contributed by atoms with van der Waals surface area (Å²) < 4.78 is 21.8. The van der Waals surface area contributed by atoms with Crippen LogP contribution in [0.1, 0.15) is 0 Å². The van der Waals surface area contributed by atoms with Crippen molar-refractivity contribution in [3.8, 4) is 11.5 Å². The molecule has 0 aliphatic heterocycles. The van der Waals surface area contributed by atoms with Crippen LogP contribution in [0.15, 0.2) is 50.0 Å². The Morgan fingerprint density at radius 1 is 0.864 bits per heavy atom. The molecule has 0 amide bonds. The number of para-hydroxylation sites is 1. The van der Waals surface area contributed by atoms with Gasteiger partial charge in [0, 0.05) is 11.5 Å². The fourth-order valence-electron chi connectivity index (χ4n) is 2.71. The first-order valence-corrected chi connectivity index (χ1v) is 6.73. The van der Waals surface area contributed by atoms with Crippen LogP contribution in [0.2, 0.25) is 0 Å². The Hall–Kier alpha value is -2.95. The third-order valence-corrected chi connectivity index (χ3v) is 3.73. The molecule has 4 rings (SSSR count). The lowest BCUT2D eigenvalue weighted by molar-refractivity contribution is 0.355. The number of methoxy groups -OCH3 is 2. The lowest BCUT2D eigenvalue weighted by Gasteiger charge is -2.08. The minimum absolute atomic E-state index is 0.397. The number of furan rings is 1. The molecule has 0 N–H and O–H groups in total. The maximum Gasteiger partial charge on any atom is 0.348 e. The van der Waals surface area contributed by atoms with E-state index in [2.05, 4.69) is 0 Å². The van der Waals surface area contributed by atoms with Crippen molar-refractivity contribution in [2.45, 2.75) is 0 Å². The highest BCUT2D eigenvalue weighted by molar-refractivity contribution is 6.13. The minimum Gasteiger partial charge on any atom is -0.493 e. The predicted octanol–water partition coefficient (Wildman–Crippen LogP) is 3.71. The molecule has 0 unspecified atom stereocenters. The molecular weight excluding hydrogens is 284 g/mol. The molecule has 0 spiro atoms. The van der Waals surface area contributed by atoms with E-state index < -0.39 is 5.63 Å². The molecule has 5 heteroatoms. The zero-order chi connectivity index (χ0) is 15.3. The van der Waals surface area contributed by atoms with Gasteiger partial charge in [-0.3, -0.25) is 0 Å². The van der Waals surface area contributed by atoms with Gasteiger partial charge < -0.3 is 18.3 Å². The molecule has 5 nitrogen and oxygen atoms in total. The van der Waals surface area contributed by atoms with E-state index >= 15 is 0 Å². The summed E-state index contributed by atoms with van der Waals surface area (Å²) in [5, 5.41) is 1.85. The molecule has 4 aromatic rings. The summed E-state index contributed by atoms with van der Waals surface area (Å²) in [6.45, 7) is 0. The Labute approximate surface area is 124 Å². The van der Waals surface area contributed by atoms with Gasteiger partial charge in [0.15, 0.2) is 17.1 Å². The van der Waals surface area contributed by atoms with Crippen LogP contribution < -0.4 is 15.1 Å². The molecule has 22 heavy (non-hydrogen) atoms. The number of fused-ring (bicyclic) bond motifs is 5. The first-order chi connectivity index (χ1) is 10.7. The second kappa shape index (κ2) is 4.53. The number of benzene rings is 2. The third-order valence-electron chi connectivity index (χ3n) is 3.73. The lowest BCUT2D eigenvalue weighted by atomic mass is 10.1. The van der Waals surface area contributed by atoms with Crippen molar-refractivity contribution in [3.63, 3.8) is 0 Å². The Kier molecular flexibility index (Phi) is 2.63. The largest absolute Gasteiger partial charge is 0.493 e. The Morgan fingerprint density at radius 2 is 1.59 bits per heavy atom. The molecule has 0 saturated carbocycles. The molecule has 0 bridgehead atoms. The number of rotatable bonds is 2. The monoisotopic (exact) mass is 296 g/mol. The summed E-state index contributed by atoms with van der Waals surface area (Å²) in [6.07, 6.45) is 0. The molecule has 110 valence electrons. The van der Waals surface area contributed by atoms with Gasteiger partial charge in [-0.1, -0.05) is 18.2 Å². The van der Waals surface area contributed by atoms with E-state index in [1.54, 1.807) is 19.2 Å². The SMILES string of the molecule is COc1cc2oc(=O)c3c4ccccc4oc3c2cc1OC. The van der Waals surface area contributed by atoms with Gasteiger partial charge in [-0.25, -0.2) is 4.79 Å². The van der Waals surface area contributed by atoms with Gasteiger partial charge in [0.1, 0.15) is 16.6 Å². The van der Waals surface area contributed by atoms with Gasteiger partial charge in [0.05, 0.1) is 19.6 Å². The first kappa shape index (κ1) is 12.8. The number of ether oxygens (including phenoxy) is 2. The molecule has 2 heterocycles. The average Bonchev–Trinajstić information content (AvgIpc) is 2.94. The van der Waals surface area contributed by atoms with Gasteiger partial charge in [0.2, 0.25) is 0 Å². The normalized spacial score (nSPS) is 11.4. The van der Waals surface area contributed by atoms with Crippen molar-refractivity contribution in [2.75, 3.05) is 14.2 Å². The van der Waals surface area contributed by atoms with Crippen LogP contribution in [0.25, 0.3) is 32.9 Å². The maximum absolute atomic E-state index is 12.3. The second-order valence-electron chi connectivity index (χ2n) is 4.90. The average molecular weight is 296 g/mol. The van der Waals surface area contributed by atoms with Crippen LogP contribution in [-0.4, -0.2) is 14.2 Å². The van der Waals surface area contributed by atoms with Crippen molar-refractivity contribution >= 4 is 32.9 Å². The van der Waals surface area contributed by atoms with E-state index in [-0.39, 0.29) is 0 Å². The smallest absolute Gasteiger partial charge is 0.348 e. The topological polar surface area (TPSA) is 61.8 Å². The van der Waals surface area contributed by atoms with Crippen LogP contribution >= 0.6 is 0 Å². The van der Waals surface area contributed by atoms with Crippen molar-refractivity contribution in [1.82, 2.24) is 0 Å². The van der Waals surface area contributed by atoms with Gasteiger partial charge in [-0.05, 0) is 12.1 Å². The Bertz CT molecular complexity index is 1070. The zero-order valence-corrected chi connectivity index (χ0v) is 12.0. The molecule has 0 saturated heterocycles. The van der Waals surface area contributed by atoms with Gasteiger partial charge >= 0.3 is 5.63 Å². The first-order valence-electron chi connectivity index (χ1n) is 6.73. The van der Waals surface area contributed by atoms with Crippen molar-refractivity contribution in [1.29, 1.82) is 0 Å². The second-order valence-corrected chi connectivity index (χ2v) is 4.90. The summed E-state index contributed by atoms with van der Waals surface area (Å²) >= 11 is 0. The molecule has 2 aromatic heterocycles. The highest BCUT2D eigenvalue weighted by Gasteiger charge is 2.18. The molecule has 0 aliphatic carbocycles. The van der Waals surface area contributed by atoms with E-state index in [1.807, 2.05) is 24.3 Å². The van der Waals surface area contributed by atoms with Crippen LogP contribution in [-0.2, 0) is 0 Å². The molecule has 0 fully saturated rings. The van der Waals surface area contributed by atoms with Crippen LogP contribution in [0.3, 0.4) is 0 Å². The predicted molar refractivity (Wildman–Crippen MR) is 82.9 cm³/mol. The van der Waals surface area contributed by atoms with Gasteiger partial charge in [0.25, 0.3) is 0 Å². The maximum atomic E-state index is 12.3. The zero-order valence-electron chi connectivity index (χ0n) is 12.0. The fourth-order valence-corrected chi connectivity index (χ4v) is 2.71. The highest BCUT2D eigenvalue weighted by Crippen LogP contribution is 2.37. The standard InChI is InChI=1S/C17H12O5/c1-19-13-7-10-12(8-14(13)20-2)22-17(18)15-9-5-3-4-6-11(9)21-16(10)15/h3-8H,1-2H3. The third kappa shape index (κ3) is 1.62. The highest BCUT2D eigenvalue weighted by atomic mass is 16.5. The van der Waals surface area contributed by atoms with Crippen LogP contribution in [0.4, 0.5) is 0 Å². The number of hydrogen-bond acceptors (Lipinski definition) is 5. The van der Waals surface area contributed by atoms with E-state index in [0.29, 0.717) is 39.0 Å². The fraction of sp³-hybridized carbons (Fsp3) is 0.118. The van der Waals surface area contributed by atoms with E-state index in [1.165, 1.54) is 7.11 Å². The number of hydrogen-bond donors (Lipinski definition) is 0. The Morgan fingerprint density at radius 3 is 2.36 bits per heavy atom. The Balaban J connectivity index is 2.25. The van der Waals surface area contributed by atoms with E-state index in [0.717, 1.165) is 5.39 Å². The van der Waals surface area contributed by atoms with Gasteiger partial charge in [-0.2, -0.15) is 0 Å². The molecular formula is C17H12O5. The summed E-state index contributed by atoms with van der Waals surface area (Å²) in [7, 11) is 3.08. The molecule has 2 aromatic carbocycles. The van der Waals surface area contributed by atoms with Crippen LogP contribution in [0, 0.1) is 0 Å². The van der Waals surface area contributed by atoms with Crippen molar-refractivity contribution < 1.29 is 18.3 Å². The van der Waals surface area contributed by atoms with Crippen molar-refractivity contribution in [3.05, 3.63) is 46.8 Å². The minimum atomic E-state index is -0.431. The van der Waals surface area contributed by atoms with E-state index in [4.69, 9.17) is 18.3 Å².